The Morgan fingerprint density at radius 3 is 3.05 bits per heavy atom. The Balaban J connectivity index is 0.00000176. The zero-order chi connectivity index (χ0) is 14.7. The van der Waals surface area contributed by atoms with Crippen LogP contribution in [0.1, 0.15) is 11.6 Å². The quantitative estimate of drug-likeness (QED) is 0.884. The molecule has 1 aliphatic heterocycles. The monoisotopic (exact) mass is 326 g/mol. The zero-order valence-electron chi connectivity index (χ0n) is 11.7. The number of hydrogen-bond donors (Lipinski definition) is 1. The Morgan fingerprint density at radius 1 is 1.45 bits per heavy atom. The van der Waals surface area contributed by atoms with Crippen LogP contribution in [-0.4, -0.2) is 50.6 Å². The van der Waals surface area contributed by atoms with Crippen molar-refractivity contribution < 1.29 is 9.18 Å². The summed E-state index contributed by atoms with van der Waals surface area (Å²) in [5, 5.41) is 13.9. The van der Waals surface area contributed by atoms with Crippen LogP contribution in [0.3, 0.4) is 0 Å². The van der Waals surface area contributed by atoms with Crippen molar-refractivity contribution in [1.29, 1.82) is 0 Å². The lowest BCUT2D eigenvalue weighted by molar-refractivity contribution is -0.135. The fourth-order valence-electron chi connectivity index (χ4n) is 2.50. The number of hydrogen-bond acceptors (Lipinski definition) is 5. The SMILES string of the molecule is Cl.O=C(Cn1cnnn1)N1CCNCC1c1cccc(F)c1. The molecule has 1 N–H and O–H groups in total. The number of tetrazole rings is 1. The molecule has 2 aromatic rings. The van der Waals surface area contributed by atoms with Crippen molar-refractivity contribution in [2.24, 2.45) is 0 Å². The summed E-state index contributed by atoms with van der Waals surface area (Å²) in [4.78, 5) is 14.2. The van der Waals surface area contributed by atoms with E-state index in [2.05, 4.69) is 20.8 Å². The fraction of sp³-hybridized carbons (Fsp3) is 0.385. The van der Waals surface area contributed by atoms with Gasteiger partial charge in [-0.3, -0.25) is 4.79 Å². The van der Waals surface area contributed by atoms with Crippen LogP contribution in [0.4, 0.5) is 4.39 Å². The summed E-state index contributed by atoms with van der Waals surface area (Å²) >= 11 is 0. The molecule has 1 atom stereocenters. The van der Waals surface area contributed by atoms with Crippen molar-refractivity contribution in [1.82, 2.24) is 30.4 Å². The van der Waals surface area contributed by atoms with E-state index in [0.29, 0.717) is 19.6 Å². The maximum absolute atomic E-state index is 13.4. The maximum Gasteiger partial charge on any atom is 0.245 e. The molecule has 7 nitrogen and oxygen atoms in total. The third-order valence-corrected chi connectivity index (χ3v) is 3.49. The first-order chi connectivity index (χ1) is 10.2. The number of nitrogens with one attached hydrogen (secondary N) is 1. The van der Waals surface area contributed by atoms with Crippen LogP contribution < -0.4 is 5.32 Å². The van der Waals surface area contributed by atoms with Gasteiger partial charge in [-0.05, 0) is 28.1 Å². The molecule has 0 spiro atoms. The average molecular weight is 327 g/mol. The van der Waals surface area contributed by atoms with Gasteiger partial charge in [0.1, 0.15) is 18.7 Å². The van der Waals surface area contributed by atoms with Crippen molar-refractivity contribution in [2.45, 2.75) is 12.6 Å². The number of nitrogens with zero attached hydrogens (tertiary/aromatic N) is 5. The first-order valence-corrected chi connectivity index (χ1v) is 6.70. The Labute approximate surface area is 132 Å². The predicted octanol–water partition coefficient (Wildman–Crippen LogP) is 0.407. The van der Waals surface area contributed by atoms with E-state index in [-0.39, 0.29) is 36.7 Å². The van der Waals surface area contributed by atoms with Gasteiger partial charge in [-0.2, -0.15) is 0 Å². The fourth-order valence-corrected chi connectivity index (χ4v) is 2.50. The van der Waals surface area contributed by atoms with E-state index in [1.54, 1.807) is 11.0 Å². The lowest BCUT2D eigenvalue weighted by atomic mass is 10.0. The van der Waals surface area contributed by atoms with Crippen LogP contribution in [0.25, 0.3) is 0 Å². The van der Waals surface area contributed by atoms with Crippen molar-refractivity contribution in [2.75, 3.05) is 19.6 Å². The third-order valence-electron chi connectivity index (χ3n) is 3.49. The van der Waals surface area contributed by atoms with Gasteiger partial charge < -0.3 is 10.2 Å². The van der Waals surface area contributed by atoms with Gasteiger partial charge in [0.15, 0.2) is 0 Å². The van der Waals surface area contributed by atoms with E-state index in [0.717, 1.165) is 5.56 Å². The van der Waals surface area contributed by atoms with E-state index in [9.17, 15) is 9.18 Å². The van der Waals surface area contributed by atoms with Crippen LogP contribution in [0, 0.1) is 5.82 Å². The summed E-state index contributed by atoms with van der Waals surface area (Å²) in [5.41, 5.74) is 0.785. The van der Waals surface area contributed by atoms with Crippen molar-refractivity contribution in [3.63, 3.8) is 0 Å². The van der Waals surface area contributed by atoms with E-state index in [1.807, 2.05) is 6.07 Å². The molecule has 1 fully saturated rings. The molecule has 0 aliphatic carbocycles. The lowest BCUT2D eigenvalue weighted by Crippen LogP contribution is -2.49. The molecule has 1 aromatic carbocycles. The highest BCUT2D eigenvalue weighted by Gasteiger charge is 2.28. The number of halogens is 2. The molecule has 1 aromatic heterocycles. The number of aromatic nitrogens is 4. The third kappa shape index (κ3) is 3.58. The molecule has 3 rings (SSSR count). The standard InChI is InChI=1S/C13H15FN6O.ClH/c14-11-3-1-2-10(6-11)12-7-15-4-5-20(12)13(21)8-19-9-16-17-18-19;/h1-3,6,9,12,15H,4-5,7-8H2;1H. The van der Waals surface area contributed by atoms with E-state index in [1.165, 1.54) is 23.1 Å². The van der Waals surface area contributed by atoms with Crippen LogP contribution in [-0.2, 0) is 11.3 Å². The number of rotatable bonds is 3. The molecule has 1 amide bonds. The summed E-state index contributed by atoms with van der Waals surface area (Å²) in [6, 6.07) is 6.17. The summed E-state index contributed by atoms with van der Waals surface area (Å²) in [7, 11) is 0. The van der Waals surface area contributed by atoms with Crippen LogP contribution in [0.15, 0.2) is 30.6 Å². The number of piperazine rings is 1. The van der Waals surface area contributed by atoms with E-state index in [4.69, 9.17) is 0 Å². The van der Waals surface area contributed by atoms with E-state index >= 15 is 0 Å². The smallest absolute Gasteiger partial charge is 0.245 e. The Morgan fingerprint density at radius 2 is 2.32 bits per heavy atom. The second kappa shape index (κ2) is 7.28. The molecule has 2 heterocycles. The predicted molar refractivity (Wildman–Crippen MR) is 78.8 cm³/mol. The first-order valence-electron chi connectivity index (χ1n) is 6.70. The van der Waals surface area contributed by atoms with Gasteiger partial charge in [-0.1, -0.05) is 12.1 Å². The Bertz CT molecular complexity index is 623. The molecular weight excluding hydrogens is 311 g/mol. The molecule has 9 heteroatoms. The van der Waals surface area contributed by atoms with Gasteiger partial charge in [0, 0.05) is 19.6 Å². The molecule has 1 saturated heterocycles. The number of amides is 1. The Kier molecular flexibility index (Phi) is 5.40. The molecule has 118 valence electrons. The van der Waals surface area contributed by atoms with E-state index < -0.39 is 0 Å². The molecule has 0 saturated carbocycles. The van der Waals surface area contributed by atoms with Gasteiger partial charge >= 0.3 is 0 Å². The summed E-state index contributed by atoms with van der Waals surface area (Å²) in [5.74, 6) is -0.385. The lowest BCUT2D eigenvalue weighted by Gasteiger charge is -2.36. The highest BCUT2D eigenvalue weighted by Crippen LogP contribution is 2.23. The van der Waals surface area contributed by atoms with Crippen LogP contribution in [0.2, 0.25) is 0 Å². The molecule has 1 unspecified atom stereocenters. The Hall–Kier alpha value is -2.06. The second-order valence-electron chi connectivity index (χ2n) is 4.87. The topological polar surface area (TPSA) is 75.9 Å². The normalized spacial score (nSPS) is 17.9. The second-order valence-corrected chi connectivity index (χ2v) is 4.87. The molecule has 22 heavy (non-hydrogen) atoms. The molecule has 0 radical (unpaired) electrons. The van der Waals surface area contributed by atoms with Gasteiger partial charge in [-0.15, -0.1) is 17.5 Å². The minimum Gasteiger partial charge on any atom is -0.331 e. The van der Waals surface area contributed by atoms with Crippen molar-refractivity contribution >= 4 is 18.3 Å². The van der Waals surface area contributed by atoms with Crippen LogP contribution in [0.5, 0.6) is 0 Å². The zero-order valence-corrected chi connectivity index (χ0v) is 12.5. The highest BCUT2D eigenvalue weighted by atomic mass is 35.5. The number of carbonyl (C=O) groups excluding carboxylic acids is 1. The summed E-state index contributed by atoms with van der Waals surface area (Å²) in [6.45, 7) is 1.97. The maximum atomic E-state index is 13.4. The van der Waals surface area contributed by atoms with Crippen LogP contribution >= 0.6 is 12.4 Å². The average Bonchev–Trinajstić information content (AvgIpc) is 3.00. The highest BCUT2D eigenvalue weighted by molar-refractivity contribution is 5.85. The number of carbonyl (C=O) groups is 1. The van der Waals surface area contributed by atoms with Gasteiger partial charge in [0.25, 0.3) is 0 Å². The minimum absolute atomic E-state index is 0. The number of benzene rings is 1. The van der Waals surface area contributed by atoms with Gasteiger partial charge in [-0.25, -0.2) is 9.07 Å². The molecule has 0 bridgehead atoms. The molecule has 1 aliphatic rings. The summed E-state index contributed by atoms with van der Waals surface area (Å²) < 4.78 is 14.8. The summed E-state index contributed by atoms with van der Waals surface area (Å²) in [6.07, 6.45) is 1.40. The van der Waals surface area contributed by atoms with Crippen molar-refractivity contribution in [3.05, 3.63) is 42.0 Å². The van der Waals surface area contributed by atoms with Gasteiger partial charge in [0.05, 0.1) is 6.04 Å². The molecular formula is C13H16ClFN6O. The van der Waals surface area contributed by atoms with Crippen molar-refractivity contribution in [3.8, 4) is 0 Å². The minimum atomic E-state index is -0.300. The first kappa shape index (κ1) is 16.3. The largest absolute Gasteiger partial charge is 0.331 e. The van der Waals surface area contributed by atoms with Gasteiger partial charge in [0.2, 0.25) is 5.91 Å².